The molecule has 0 saturated carbocycles. The van der Waals surface area contributed by atoms with E-state index in [1.54, 1.807) is 24.4 Å². The predicted octanol–water partition coefficient (Wildman–Crippen LogP) is 3.83. The lowest BCUT2D eigenvalue weighted by Gasteiger charge is -2.09. The number of fused-ring (bicyclic) bond motifs is 1. The Kier molecular flexibility index (Phi) is 4.23. The summed E-state index contributed by atoms with van der Waals surface area (Å²) >= 11 is 0. The largest absolute Gasteiger partial charge is 0.508 e. The minimum atomic E-state index is 0.204. The molecule has 0 aliphatic rings. The van der Waals surface area contributed by atoms with Gasteiger partial charge in [-0.05, 0) is 31.0 Å². The summed E-state index contributed by atoms with van der Waals surface area (Å²) in [4.78, 5) is 9.07. The van der Waals surface area contributed by atoms with E-state index in [2.05, 4.69) is 32.5 Å². The molecule has 0 saturated heterocycles. The third kappa shape index (κ3) is 3.35. The van der Waals surface area contributed by atoms with Gasteiger partial charge < -0.3 is 10.4 Å². The predicted molar refractivity (Wildman–Crippen MR) is 102 cm³/mol. The SMILES string of the molecule is Cc1nc(Nc2cccc(O)c2)c2cnn(CCc3ccccc3)c2n1. The van der Waals surface area contributed by atoms with Crippen LogP contribution in [0, 0.1) is 6.92 Å². The Hall–Kier alpha value is -3.41. The van der Waals surface area contributed by atoms with E-state index >= 15 is 0 Å². The molecular weight excluding hydrogens is 326 g/mol. The average Bonchev–Trinajstić information content (AvgIpc) is 3.04. The monoisotopic (exact) mass is 345 g/mol. The summed E-state index contributed by atoms with van der Waals surface area (Å²) < 4.78 is 1.91. The molecule has 6 nitrogen and oxygen atoms in total. The summed E-state index contributed by atoms with van der Waals surface area (Å²) in [5.74, 6) is 1.56. The van der Waals surface area contributed by atoms with Crippen molar-refractivity contribution in [1.82, 2.24) is 19.7 Å². The molecule has 0 spiro atoms. The highest BCUT2D eigenvalue weighted by atomic mass is 16.3. The highest BCUT2D eigenvalue weighted by Gasteiger charge is 2.12. The fourth-order valence-electron chi connectivity index (χ4n) is 2.92. The van der Waals surface area contributed by atoms with E-state index in [0.717, 1.165) is 29.7 Å². The van der Waals surface area contributed by atoms with Crippen molar-refractivity contribution in [2.45, 2.75) is 19.9 Å². The van der Waals surface area contributed by atoms with Crippen LogP contribution in [-0.2, 0) is 13.0 Å². The van der Waals surface area contributed by atoms with Gasteiger partial charge in [0, 0.05) is 18.3 Å². The first-order valence-electron chi connectivity index (χ1n) is 8.49. The standard InChI is InChI=1S/C20H19N5O/c1-14-22-19(24-16-8-5-9-17(26)12-16)18-13-21-25(20(18)23-14)11-10-15-6-3-2-4-7-15/h2-9,12-13,26H,10-11H2,1H3,(H,22,23,24). The Balaban J connectivity index is 1.64. The van der Waals surface area contributed by atoms with Crippen LogP contribution < -0.4 is 5.32 Å². The summed E-state index contributed by atoms with van der Waals surface area (Å²) in [6, 6.07) is 17.3. The maximum absolute atomic E-state index is 9.65. The van der Waals surface area contributed by atoms with E-state index in [1.165, 1.54) is 5.56 Å². The average molecular weight is 345 g/mol. The second kappa shape index (κ2) is 6.84. The molecule has 0 aliphatic carbocycles. The third-order valence-electron chi connectivity index (χ3n) is 4.17. The van der Waals surface area contributed by atoms with Gasteiger partial charge in [0.25, 0.3) is 0 Å². The molecule has 2 aromatic carbocycles. The van der Waals surface area contributed by atoms with Crippen LogP contribution >= 0.6 is 0 Å². The number of benzene rings is 2. The minimum absolute atomic E-state index is 0.204. The molecule has 0 unspecified atom stereocenters. The van der Waals surface area contributed by atoms with Gasteiger partial charge in [-0.15, -0.1) is 0 Å². The van der Waals surface area contributed by atoms with Gasteiger partial charge >= 0.3 is 0 Å². The summed E-state index contributed by atoms with van der Waals surface area (Å²) in [5, 5.41) is 18.3. The maximum atomic E-state index is 9.65. The van der Waals surface area contributed by atoms with E-state index in [0.29, 0.717) is 11.6 Å². The smallest absolute Gasteiger partial charge is 0.163 e. The Morgan fingerprint density at radius 3 is 2.69 bits per heavy atom. The molecule has 6 heteroatoms. The zero-order chi connectivity index (χ0) is 17.9. The number of aromatic nitrogens is 4. The topological polar surface area (TPSA) is 75.9 Å². The van der Waals surface area contributed by atoms with Crippen LogP contribution in [0.5, 0.6) is 5.75 Å². The fourth-order valence-corrected chi connectivity index (χ4v) is 2.92. The second-order valence-corrected chi connectivity index (χ2v) is 6.14. The first kappa shape index (κ1) is 16.1. The first-order chi connectivity index (χ1) is 12.7. The molecule has 2 aromatic heterocycles. The van der Waals surface area contributed by atoms with Gasteiger partial charge in [0.05, 0.1) is 11.6 Å². The number of hydrogen-bond donors (Lipinski definition) is 2. The molecule has 2 heterocycles. The number of aromatic hydroxyl groups is 1. The summed E-state index contributed by atoms with van der Waals surface area (Å²) in [6.45, 7) is 2.61. The highest BCUT2D eigenvalue weighted by molar-refractivity contribution is 5.88. The van der Waals surface area contributed by atoms with E-state index in [1.807, 2.05) is 35.9 Å². The third-order valence-corrected chi connectivity index (χ3v) is 4.17. The lowest BCUT2D eigenvalue weighted by molar-refractivity contribution is 0.475. The lowest BCUT2D eigenvalue weighted by Crippen LogP contribution is -2.05. The van der Waals surface area contributed by atoms with Crippen molar-refractivity contribution in [3.8, 4) is 5.75 Å². The molecule has 0 fully saturated rings. The molecule has 4 aromatic rings. The fraction of sp³-hybridized carbons (Fsp3) is 0.150. The van der Waals surface area contributed by atoms with Crippen LogP contribution in [0.1, 0.15) is 11.4 Å². The molecule has 130 valence electrons. The number of nitrogens with zero attached hydrogens (tertiary/aromatic N) is 4. The van der Waals surface area contributed by atoms with Crippen molar-refractivity contribution >= 4 is 22.5 Å². The summed E-state index contributed by atoms with van der Waals surface area (Å²) in [7, 11) is 0. The summed E-state index contributed by atoms with van der Waals surface area (Å²) in [5.41, 5.74) is 2.83. The van der Waals surface area contributed by atoms with Gasteiger partial charge in [0.1, 0.15) is 17.4 Å². The van der Waals surface area contributed by atoms with Crippen molar-refractivity contribution in [2.75, 3.05) is 5.32 Å². The quantitative estimate of drug-likeness (QED) is 0.575. The molecule has 2 N–H and O–H groups in total. The number of nitrogens with one attached hydrogen (secondary N) is 1. The number of phenols is 1. The summed E-state index contributed by atoms with van der Waals surface area (Å²) in [6.07, 6.45) is 2.67. The van der Waals surface area contributed by atoms with Gasteiger partial charge in [0.2, 0.25) is 0 Å². The Morgan fingerprint density at radius 2 is 1.88 bits per heavy atom. The molecule has 0 amide bonds. The number of phenolic OH excluding ortho intramolecular Hbond substituents is 1. The zero-order valence-corrected chi connectivity index (χ0v) is 14.4. The number of hydrogen-bond acceptors (Lipinski definition) is 5. The molecule has 0 atom stereocenters. The normalized spacial score (nSPS) is 11.0. The lowest BCUT2D eigenvalue weighted by atomic mass is 10.1. The number of anilines is 2. The molecule has 0 bridgehead atoms. The van der Waals surface area contributed by atoms with Crippen molar-refractivity contribution in [3.05, 3.63) is 72.2 Å². The van der Waals surface area contributed by atoms with E-state index in [9.17, 15) is 5.11 Å². The Labute approximate surface area is 151 Å². The van der Waals surface area contributed by atoms with E-state index < -0.39 is 0 Å². The molecule has 0 aliphatic heterocycles. The minimum Gasteiger partial charge on any atom is -0.508 e. The van der Waals surface area contributed by atoms with E-state index in [4.69, 9.17) is 0 Å². The highest BCUT2D eigenvalue weighted by Crippen LogP contribution is 2.25. The van der Waals surface area contributed by atoms with Crippen molar-refractivity contribution < 1.29 is 5.11 Å². The number of aryl methyl sites for hydroxylation is 3. The second-order valence-electron chi connectivity index (χ2n) is 6.14. The Bertz CT molecular complexity index is 1040. The Morgan fingerprint density at radius 1 is 1.04 bits per heavy atom. The van der Waals surface area contributed by atoms with Gasteiger partial charge in [-0.2, -0.15) is 5.10 Å². The van der Waals surface area contributed by atoms with Crippen LogP contribution in [0.3, 0.4) is 0 Å². The van der Waals surface area contributed by atoms with Gasteiger partial charge in [-0.1, -0.05) is 36.4 Å². The molecule has 0 radical (unpaired) electrons. The van der Waals surface area contributed by atoms with Gasteiger partial charge in [-0.3, -0.25) is 0 Å². The van der Waals surface area contributed by atoms with Gasteiger partial charge in [-0.25, -0.2) is 14.6 Å². The van der Waals surface area contributed by atoms with Crippen LogP contribution in [0.2, 0.25) is 0 Å². The maximum Gasteiger partial charge on any atom is 0.163 e. The van der Waals surface area contributed by atoms with Crippen molar-refractivity contribution in [1.29, 1.82) is 0 Å². The van der Waals surface area contributed by atoms with Gasteiger partial charge in [0.15, 0.2) is 5.65 Å². The molecule has 4 rings (SSSR count). The molecular formula is C20H19N5O. The van der Waals surface area contributed by atoms with Crippen LogP contribution in [0.25, 0.3) is 11.0 Å². The number of rotatable bonds is 5. The van der Waals surface area contributed by atoms with Crippen molar-refractivity contribution in [2.24, 2.45) is 0 Å². The van der Waals surface area contributed by atoms with Crippen LogP contribution in [0.4, 0.5) is 11.5 Å². The molecule has 26 heavy (non-hydrogen) atoms. The zero-order valence-electron chi connectivity index (χ0n) is 14.4. The van der Waals surface area contributed by atoms with E-state index in [-0.39, 0.29) is 5.75 Å². The van der Waals surface area contributed by atoms with Crippen LogP contribution in [-0.4, -0.2) is 24.9 Å². The first-order valence-corrected chi connectivity index (χ1v) is 8.49. The van der Waals surface area contributed by atoms with Crippen LogP contribution in [0.15, 0.2) is 60.8 Å². The van der Waals surface area contributed by atoms with Crippen molar-refractivity contribution in [3.63, 3.8) is 0 Å².